The van der Waals surface area contributed by atoms with Crippen LogP contribution in [0, 0.1) is 0 Å². The highest BCUT2D eigenvalue weighted by Gasteiger charge is 2.25. The molecule has 0 radical (unpaired) electrons. The van der Waals surface area contributed by atoms with Crippen LogP contribution >= 0.6 is 0 Å². The standard InChI is InChI=1S/C29H49N5O6/c1-5-8-10-12-15-25(36)23(32-20-29(4,33-21-35)19-26(37)38)16-17-31-28(30)34-24(27(39)40)18-22(13-7-3)14-11-9-6-2/h7,13,16,18,20-21,24-25,36H,5-6,8-12,14-15,17,19H2,1-4H3,(H,33,35)(H,37,38)(H,39,40)(H3,30,31,34). The van der Waals surface area contributed by atoms with Crippen LogP contribution in [0.2, 0.25) is 0 Å². The lowest BCUT2D eigenvalue weighted by atomic mass is 9.99. The SMILES string of the molecule is CC=CC(=CC(NC(N)=NCC=C(N=CC(C)(CC(=O)O)NC=O)C(O)CCCCCC)C(=O)O)CCCCC. The number of nitrogens with two attached hydrogens (primary N) is 1. The van der Waals surface area contributed by atoms with E-state index in [-0.39, 0.29) is 18.2 Å². The quantitative estimate of drug-likeness (QED) is 0.0378. The lowest BCUT2D eigenvalue weighted by Crippen LogP contribution is -2.45. The Labute approximate surface area is 238 Å². The minimum Gasteiger partial charge on any atom is -0.481 e. The predicted molar refractivity (Wildman–Crippen MR) is 159 cm³/mol. The van der Waals surface area contributed by atoms with Gasteiger partial charge in [0.1, 0.15) is 6.04 Å². The first-order valence-corrected chi connectivity index (χ1v) is 14.0. The van der Waals surface area contributed by atoms with Crippen molar-refractivity contribution in [2.45, 2.75) is 110 Å². The molecule has 11 heteroatoms. The highest BCUT2D eigenvalue weighted by molar-refractivity contribution is 5.86. The number of nitrogens with one attached hydrogen (secondary N) is 2. The summed E-state index contributed by atoms with van der Waals surface area (Å²) < 4.78 is 0. The van der Waals surface area contributed by atoms with Crippen molar-refractivity contribution in [2.24, 2.45) is 15.7 Å². The van der Waals surface area contributed by atoms with E-state index in [0.29, 0.717) is 12.8 Å². The van der Waals surface area contributed by atoms with Crippen molar-refractivity contribution in [3.63, 3.8) is 0 Å². The monoisotopic (exact) mass is 563 g/mol. The number of unbranched alkanes of at least 4 members (excludes halogenated alkanes) is 5. The fraction of sp³-hybridized carbons (Fsp3) is 0.621. The summed E-state index contributed by atoms with van der Waals surface area (Å²) in [5.41, 5.74) is 5.86. The Balaban J connectivity index is 5.82. The molecule has 0 heterocycles. The van der Waals surface area contributed by atoms with E-state index in [1.807, 2.05) is 19.1 Å². The van der Waals surface area contributed by atoms with E-state index in [4.69, 9.17) is 5.73 Å². The van der Waals surface area contributed by atoms with Gasteiger partial charge in [-0.05, 0) is 50.8 Å². The summed E-state index contributed by atoms with van der Waals surface area (Å²) in [5.74, 6) is -2.31. The molecule has 0 aromatic rings. The minimum atomic E-state index is -1.26. The average molecular weight is 564 g/mol. The lowest BCUT2D eigenvalue weighted by molar-refractivity contribution is -0.139. The van der Waals surface area contributed by atoms with Crippen LogP contribution in [0.3, 0.4) is 0 Å². The van der Waals surface area contributed by atoms with Crippen molar-refractivity contribution in [3.8, 4) is 0 Å². The van der Waals surface area contributed by atoms with E-state index in [1.54, 1.807) is 12.2 Å². The predicted octanol–water partition coefficient (Wildman–Crippen LogP) is 3.69. The van der Waals surface area contributed by atoms with Gasteiger partial charge in [0.2, 0.25) is 6.41 Å². The van der Waals surface area contributed by atoms with Gasteiger partial charge in [0.15, 0.2) is 5.96 Å². The number of carbonyl (C=O) groups is 3. The Kier molecular flexibility index (Phi) is 19.5. The van der Waals surface area contributed by atoms with E-state index in [2.05, 4.69) is 34.5 Å². The van der Waals surface area contributed by atoms with Crippen LogP contribution in [0.5, 0.6) is 0 Å². The number of carboxylic acids is 2. The lowest BCUT2D eigenvalue weighted by Gasteiger charge is -2.22. The van der Waals surface area contributed by atoms with E-state index in [9.17, 15) is 29.7 Å². The number of aliphatic hydroxyl groups excluding tert-OH is 1. The van der Waals surface area contributed by atoms with Crippen molar-refractivity contribution in [1.29, 1.82) is 0 Å². The van der Waals surface area contributed by atoms with Crippen LogP contribution in [-0.4, -0.2) is 70.1 Å². The summed E-state index contributed by atoms with van der Waals surface area (Å²) >= 11 is 0. The molecule has 0 rings (SSSR count). The van der Waals surface area contributed by atoms with Crippen molar-refractivity contribution < 1.29 is 29.7 Å². The van der Waals surface area contributed by atoms with Gasteiger partial charge in [-0.2, -0.15) is 0 Å². The topological polar surface area (TPSA) is 187 Å². The number of guanidine groups is 1. The van der Waals surface area contributed by atoms with Crippen LogP contribution in [0.1, 0.15) is 91.9 Å². The summed E-state index contributed by atoms with van der Waals surface area (Å²) in [6, 6.07) is -1.08. The molecule has 11 nitrogen and oxygen atoms in total. The van der Waals surface area contributed by atoms with Gasteiger partial charge in [0.25, 0.3) is 0 Å². The van der Waals surface area contributed by atoms with E-state index >= 15 is 0 Å². The van der Waals surface area contributed by atoms with Crippen molar-refractivity contribution >= 4 is 30.5 Å². The number of allylic oxidation sites excluding steroid dienone is 3. The Bertz CT molecular complexity index is 928. The van der Waals surface area contributed by atoms with E-state index in [0.717, 1.165) is 56.9 Å². The first-order chi connectivity index (χ1) is 19.0. The molecule has 0 aliphatic heterocycles. The molecule has 0 saturated carbocycles. The van der Waals surface area contributed by atoms with Crippen LogP contribution in [0.25, 0.3) is 0 Å². The van der Waals surface area contributed by atoms with Gasteiger partial charge in [0.05, 0.1) is 30.3 Å². The molecule has 0 saturated heterocycles. The number of amides is 1. The van der Waals surface area contributed by atoms with Gasteiger partial charge < -0.3 is 31.7 Å². The van der Waals surface area contributed by atoms with Crippen LogP contribution in [0.4, 0.5) is 0 Å². The first-order valence-electron chi connectivity index (χ1n) is 14.0. The fourth-order valence-electron chi connectivity index (χ4n) is 3.83. The summed E-state index contributed by atoms with van der Waals surface area (Å²) in [5, 5.41) is 34.8. The molecule has 7 N–H and O–H groups in total. The fourth-order valence-corrected chi connectivity index (χ4v) is 3.83. The van der Waals surface area contributed by atoms with Crippen LogP contribution < -0.4 is 16.4 Å². The summed E-state index contributed by atoms with van der Waals surface area (Å²) in [7, 11) is 0. The Morgan fingerprint density at radius 3 is 2.33 bits per heavy atom. The number of rotatable bonds is 22. The molecule has 0 aromatic heterocycles. The van der Waals surface area contributed by atoms with E-state index in [1.165, 1.54) is 13.1 Å². The Hall–Kier alpha value is -3.47. The molecule has 0 fully saturated rings. The van der Waals surface area contributed by atoms with Gasteiger partial charge >= 0.3 is 11.9 Å². The zero-order valence-corrected chi connectivity index (χ0v) is 24.4. The molecular weight excluding hydrogens is 514 g/mol. The molecule has 0 aromatic carbocycles. The van der Waals surface area contributed by atoms with Crippen molar-refractivity contribution in [3.05, 3.63) is 35.6 Å². The molecule has 1 amide bonds. The third kappa shape index (κ3) is 17.2. The molecule has 0 spiro atoms. The number of aliphatic hydroxyl groups is 1. The second-order valence-electron chi connectivity index (χ2n) is 9.89. The molecule has 0 bridgehead atoms. The molecule has 0 aliphatic carbocycles. The smallest absolute Gasteiger partial charge is 0.330 e. The summed E-state index contributed by atoms with van der Waals surface area (Å²) in [6.45, 7) is 7.56. The number of aliphatic carboxylic acids is 2. The summed E-state index contributed by atoms with van der Waals surface area (Å²) in [6.07, 6.45) is 15.3. The molecule has 226 valence electrons. The third-order valence-electron chi connectivity index (χ3n) is 6.04. The van der Waals surface area contributed by atoms with Crippen molar-refractivity contribution in [1.82, 2.24) is 10.6 Å². The maximum Gasteiger partial charge on any atom is 0.330 e. The normalized spacial score (nSPS) is 16.1. The van der Waals surface area contributed by atoms with Crippen LogP contribution in [-0.2, 0) is 14.4 Å². The Morgan fingerprint density at radius 1 is 1.07 bits per heavy atom. The zero-order valence-electron chi connectivity index (χ0n) is 24.4. The number of carboxylic acid groups (broad SMARTS) is 2. The molecule has 3 atom stereocenters. The van der Waals surface area contributed by atoms with Crippen LogP contribution in [0.15, 0.2) is 45.6 Å². The largest absolute Gasteiger partial charge is 0.481 e. The van der Waals surface area contributed by atoms with Gasteiger partial charge in [-0.1, -0.05) is 64.5 Å². The maximum absolute atomic E-state index is 11.9. The molecular formula is C29H49N5O6. The maximum atomic E-state index is 11.9. The highest BCUT2D eigenvalue weighted by atomic mass is 16.4. The van der Waals surface area contributed by atoms with Crippen molar-refractivity contribution in [2.75, 3.05) is 6.54 Å². The van der Waals surface area contributed by atoms with Gasteiger partial charge in [-0.25, -0.2) is 9.79 Å². The average Bonchev–Trinajstić information content (AvgIpc) is 2.87. The number of nitrogens with zero attached hydrogens (tertiary/aromatic N) is 2. The summed E-state index contributed by atoms with van der Waals surface area (Å²) in [4.78, 5) is 42.6. The second kappa shape index (κ2) is 21.4. The Morgan fingerprint density at radius 2 is 1.75 bits per heavy atom. The van der Waals surface area contributed by atoms with Gasteiger partial charge in [-0.3, -0.25) is 14.6 Å². The number of hydrogen-bond acceptors (Lipinski definition) is 6. The highest BCUT2D eigenvalue weighted by Crippen LogP contribution is 2.16. The van der Waals surface area contributed by atoms with Gasteiger partial charge in [0, 0.05) is 6.21 Å². The van der Waals surface area contributed by atoms with E-state index < -0.39 is 36.0 Å². The number of carbonyl (C=O) groups excluding carboxylic acids is 1. The number of aliphatic imine (C=N–C) groups is 2. The second-order valence-corrected chi connectivity index (χ2v) is 9.89. The zero-order chi connectivity index (χ0) is 30.4. The number of hydrogen-bond donors (Lipinski definition) is 6. The molecule has 40 heavy (non-hydrogen) atoms. The molecule has 3 unspecified atom stereocenters. The first kappa shape index (κ1) is 36.5. The van der Waals surface area contributed by atoms with Gasteiger partial charge in [-0.15, -0.1) is 0 Å². The minimum absolute atomic E-state index is 0.0114. The third-order valence-corrected chi connectivity index (χ3v) is 6.04. The molecule has 0 aliphatic rings.